The molecular formula is C21H20O5. The van der Waals surface area contributed by atoms with Crippen LogP contribution in [0.3, 0.4) is 0 Å². The Morgan fingerprint density at radius 3 is 2.42 bits per heavy atom. The maximum Gasteiger partial charge on any atom is 0.341 e. The van der Waals surface area contributed by atoms with Crippen LogP contribution in [0.2, 0.25) is 0 Å². The van der Waals surface area contributed by atoms with Gasteiger partial charge in [-0.3, -0.25) is 0 Å². The van der Waals surface area contributed by atoms with Crippen molar-refractivity contribution in [2.45, 2.75) is 27.2 Å². The molecule has 5 heteroatoms. The summed E-state index contributed by atoms with van der Waals surface area (Å²) in [6, 6.07) is 11.5. The highest BCUT2D eigenvalue weighted by Crippen LogP contribution is 2.31. The van der Waals surface area contributed by atoms with Crippen molar-refractivity contribution in [2.75, 3.05) is 6.61 Å². The number of carbonyl (C=O) groups is 1. The van der Waals surface area contributed by atoms with Crippen LogP contribution in [-0.4, -0.2) is 17.7 Å². The van der Waals surface area contributed by atoms with Crippen LogP contribution in [-0.2, 0) is 11.2 Å². The summed E-state index contributed by atoms with van der Waals surface area (Å²) < 4.78 is 11.0. The van der Waals surface area contributed by atoms with Crippen LogP contribution in [0.5, 0.6) is 5.75 Å². The molecule has 0 fully saturated rings. The number of aryl methyl sites for hydroxylation is 3. The van der Waals surface area contributed by atoms with Gasteiger partial charge in [-0.1, -0.05) is 29.8 Å². The molecule has 3 rings (SSSR count). The van der Waals surface area contributed by atoms with Gasteiger partial charge in [0.1, 0.15) is 11.3 Å². The molecule has 0 bridgehead atoms. The molecule has 0 saturated carbocycles. The van der Waals surface area contributed by atoms with Crippen LogP contribution in [0.1, 0.15) is 27.8 Å². The third-order valence-corrected chi connectivity index (χ3v) is 4.34. The topological polar surface area (TPSA) is 76.7 Å². The van der Waals surface area contributed by atoms with Gasteiger partial charge in [0.2, 0.25) is 0 Å². The minimum absolute atomic E-state index is 0.384. The van der Waals surface area contributed by atoms with Crippen LogP contribution in [0.4, 0.5) is 0 Å². The van der Waals surface area contributed by atoms with Gasteiger partial charge in [-0.05, 0) is 49.6 Å². The number of aliphatic carboxylic acids is 1. The molecular weight excluding hydrogens is 332 g/mol. The fraction of sp³-hybridized carbons (Fsp3) is 0.238. The minimum Gasteiger partial charge on any atom is -0.481 e. The zero-order valence-corrected chi connectivity index (χ0v) is 15.0. The van der Waals surface area contributed by atoms with E-state index in [1.165, 1.54) is 0 Å². The monoisotopic (exact) mass is 352 g/mol. The van der Waals surface area contributed by atoms with Crippen molar-refractivity contribution in [3.63, 3.8) is 0 Å². The maximum atomic E-state index is 12.5. The molecule has 0 saturated heterocycles. The lowest BCUT2D eigenvalue weighted by atomic mass is 9.98. The van der Waals surface area contributed by atoms with Crippen LogP contribution < -0.4 is 10.4 Å². The number of hydrogen-bond acceptors (Lipinski definition) is 4. The molecule has 134 valence electrons. The molecule has 3 aromatic rings. The van der Waals surface area contributed by atoms with Crippen molar-refractivity contribution in [2.24, 2.45) is 0 Å². The summed E-state index contributed by atoms with van der Waals surface area (Å²) in [5.74, 6) is -0.650. The quantitative estimate of drug-likeness (QED) is 0.707. The highest BCUT2D eigenvalue weighted by molar-refractivity contribution is 5.88. The minimum atomic E-state index is -1.06. The fourth-order valence-corrected chi connectivity index (χ4v) is 3.00. The number of benzene rings is 2. The Balaban J connectivity index is 2.13. The second kappa shape index (κ2) is 7.04. The predicted molar refractivity (Wildman–Crippen MR) is 99.1 cm³/mol. The van der Waals surface area contributed by atoms with E-state index in [-0.39, 0.29) is 5.63 Å². The molecule has 0 aliphatic carbocycles. The first-order valence-corrected chi connectivity index (χ1v) is 8.32. The van der Waals surface area contributed by atoms with Crippen molar-refractivity contribution >= 4 is 16.9 Å². The largest absolute Gasteiger partial charge is 0.481 e. The average Bonchev–Trinajstić information content (AvgIpc) is 2.57. The third-order valence-electron chi connectivity index (χ3n) is 4.34. The average molecular weight is 352 g/mol. The van der Waals surface area contributed by atoms with Gasteiger partial charge in [-0.2, -0.15) is 0 Å². The van der Waals surface area contributed by atoms with Crippen molar-refractivity contribution in [1.82, 2.24) is 0 Å². The van der Waals surface area contributed by atoms with E-state index in [0.29, 0.717) is 28.7 Å². The van der Waals surface area contributed by atoms with Crippen LogP contribution >= 0.6 is 0 Å². The molecule has 0 spiro atoms. The smallest absolute Gasteiger partial charge is 0.341 e. The lowest BCUT2D eigenvalue weighted by Gasteiger charge is -2.13. The van der Waals surface area contributed by atoms with E-state index in [1.807, 2.05) is 45.0 Å². The fourth-order valence-electron chi connectivity index (χ4n) is 3.00. The zero-order valence-electron chi connectivity index (χ0n) is 15.0. The van der Waals surface area contributed by atoms with Crippen molar-refractivity contribution in [3.05, 3.63) is 74.6 Å². The Morgan fingerprint density at radius 2 is 1.77 bits per heavy atom. The van der Waals surface area contributed by atoms with Gasteiger partial charge in [-0.25, -0.2) is 9.59 Å². The summed E-state index contributed by atoms with van der Waals surface area (Å²) in [7, 11) is 0. The normalized spacial score (nSPS) is 10.9. The Kier molecular flexibility index (Phi) is 4.80. The lowest BCUT2D eigenvalue weighted by molar-refractivity contribution is -0.139. The van der Waals surface area contributed by atoms with E-state index >= 15 is 0 Å². The summed E-state index contributed by atoms with van der Waals surface area (Å²) in [5, 5.41) is 9.54. The van der Waals surface area contributed by atoms with Gasteiger partial charge >= 0.3 is 11.6 Å². The molecule has 0 aliphatic rings. The van der Waals surface area contributed by atoms with Gasteiger partial charge in [0.25, 0.3) is 0 Å². The van der Waals surface area contributed by atoms with E-state index < -0.39 is 12.6 Å². The van der Waals surface area contributed by atoms with E-state index in [1.54, 1.807) is 12.1 Å². The van der Waals surface area contributed by atoms with Gasteiger partial charge in [-0.15, -0.1) is 0 Å². The SMILES string of the molecule is Cc1ccc(Cc2c(C)c3c(OCC(=O)O)cc(C)cc3oc2=O)cc1. The molecule has 0 radical (unpaired) electrons. The summed E-state index contributed by atoms with van der Waals surface area (Å²) in [6.45, 7) is 5.23. The Morgan fingerprint density at radius 1 is 1.08 bits per heavy atom. The summed E-state index contributed by atoms with van der Waals surface area (Å²) in [4.78, 5) is 23.4. The molecule has 26 heavy (non-hydrogen) atoms. The first-order chi connectivity index (χ1) is 12.3. The number of carboxylic acid groups (broad SMARTS) is 1. The Bertz CT molecular complexity index is 1030. The first-order valence-electron chi connectivity index (χ1n) is 8.32. The molecule has 1 aromatic heterocycles. The molecule has 1 N–H and O–H groups in total. The molecule has 0 atom stereocenters. The van der Waals surface area contributed by atoms with E-state index in [0.717, 1.165) is 22.3 Å². The van der Waals surface area contributed by atoms with Crippen molar-refractivity contribution < 1.29 is 19.1 Å². The second-order valence-corrected chi connectivity index (χ2v) is 6.47. The Labute approximate surface area is 150 Å². The van der Waals surface area contributed by atoms with Gasteiger partial charge in [0.05, 0.1) is 5.39 Å². The number of ether oxygens (including phenoxy) is 1. The zero-order chi connectivity index (χ0) is 18.8. The van der Waals surface area contributed by atoms with Crippen LogP contribution in [0, 0.1) is 20.8 Å². The molecule has 5 nitrogen and oxygen atoms in total. The number of rotatable bonds is 5. The number of hydrogen-bond donors (Lipinski definition) is 1. The summed E-state index contributed by atoms with van der Waals surface area (Å²) in [6.07, 6.45) is 0.441. The van der Waals surface area contributed by atoms with E-state index in [2.05, 4.69) is 0 Å². The van der Waals surface area contributed by atoms with E-state index in [9.17, 15) is 9.59 Å². The van der Waals surface area contributed by atoms with E-state index in [4.69, 9.17) is 14.3 Å². The Hall–Kier alpha value is -3.08. The maximum absolute atomic E-state index is 12.5. The van der Waals surface area contributed by atoms with Crippen LogP contribution in [0.15, 0.2) is 45.6 Å². The standard InChI is InChI=1S/C21H20O5/c1-12-4-6-15(7-5-12)10-16-14(3)20-17(25-11-19(22)23)8-13(2)9-18(20)26-21(16)24/h4-9H,10-11H2,1-3H3,(H,22,23). The van der Waals surface area contributed by atoms with Gasteiger partial charge in [0.15, 0.2) is 6.61 Å². The van der Waals surface area contributed by atoms with Gasteiger partial charge < -0.3 is 14.3 Å². The molecule has 0 amide bonds. The summed E-state index contributed by atoms with van der Waals surface area (Å²) >= 11 is 0. The highest BCUT2D eigenvalue weighted by Gasteiger charge is 2.17. The second-order valence-electron chi connectivity index (χ2n) is 6.47. The summed E-state index contributed by atoms with van der Waals surface area (Å²) in [5.41, 5.74) is 4.29. The van der Waals surface area contributed by atoms with Gasteiger partial charge in [0, 0.05) is 12.0 Å². The highest BCUT2D eigenvalue weighted by atomic mass is 16.5. The molecule has 2 aromatic carbocycles. The predicted octanol–water partition coefficient (Wildman–Crippen LogP) is 3.77. The molecule has 1 heterocycles. The molecule has 0 unspecified atom stereocenters. The number of fused-ring (bicyclic) bond motifs is 1. The first kappa shape index (κ1) is 17.7. The van der Waals surface area contributed by atoms with Crippen molar-refractivity contribution in [3.8, 4) is 5.75 Å². The number of carboxylic acids is 1. The third kappa shape index (κ3) is 3.61. The van der Waals surface area contributed by atoms with Crippen LogP contribution in [0.25, 0.3) is 11.0 Å². The lowest BCUT2D eigenvalue weighted by Crippen LogP contribution is -2.13. The van der Waals surface area contributed by atoms with Crippen molar-refractivity contribution in [1.29, 1.82) is 0 Å². The molecule has 0 aliphatic heterocycles.